The number of carbonyl (C=O) groups is 2. The second kappa shape index (κ2) is 11.5. The minimum absolute atomic E-state index is 0.0110. The van der Waals surface area contributed by atoms with E-state index in [9.17, 15) is 19.7 Å². The minimum atomic E-state index is -0.634. The molecule has 0 aliphatic rings. The fourth-order valence-corrected chi connectivity index (χ4v) is 2.48. The molecule has 9 heteroatoms. The Morgan fingerprint density at radius 1 is 1.19 bits per heavy atom. The van der Waals surface area contributed by atoms with Gasteiger partial charge in [0.1, 0.15) is 11.4 Å². The number of rotatable bonds is 10. The number of hydrogen-bond acceptors (Lipinski definition) is 6. The van der Waals surface area contributed by atoms with Crippen LogP contribution in [0.25, 0.3) is 6.08 Å². The van der Waals surface area contributed by atoms with Crippen molar-refractivity contribution < 1.29 is 24.4 Å². The normalized spacial score (nSPS) is 11.2. The Bertz CT molecular complexity index is 954. The first-order valence-electron chi connectivity index (χ1n) is 9.69. The van der Waals surface area contributed by atoms with Gasteiger partial charge in [0.2, 0.25) is 0 Å². The van der Waals surface area contributed by atoms with Gasteiger partial charge in [-0.25, -0.2) is 0 Å². The van der Waals surface area contributed by atoms with Gasteiger partial charge in [0.05, 0.1) is 18.1 Å². The molecule has 9 nitrogen and oxygen atoms in total. The van der Waals surface area contributed by atoms with E-state index in [0.29, 0.717) is 29.4 Å². The highest BCUT2D eigenvalue weighted by Gasteiger charge is 2.15. The number of nitrogens with zero attached hydrogens (tertiary/aromatic N) is 1. The molecule has 0 saturated heterocycles. The van der Waals surface area contributed by atoms with E-state index in [0.717, 1.165) is 0 Å². The smallest absolute Gasteiger partial charge is 0.270 e. The van der Waals surface area contributed by atoms with Crippen molar-refractivity contribution in [3.8, 4) is 5.75 Å². The Hall–Kier alpha value is -3.72. The summed E-state index contributed by atoms with van der Waals surface area (Å²) in [6, 6.07) is 12.1. The standard InChI is InChI=1S/C22H25N3O6/c1-15(2)14-31-19-8-6-17(7-9-19)21(27)24-20(22(28)23-10-11-26)13-16-4-3-5-18(12-16)25(29)30/h3-9,12-13,15,26H,10-11,14H2,1-2H3,(H,23,28)(H,24,27). The molecule has 0 aromatic heterocycles. The molecular weight excluding hydrogens is 402 g/mol. The van der Waals surface area contributed by atoms with E-state index < -0.39 is 16.7 Å². The Balaban J connectivity index is 2.22. The van der Waals surface area contributed by atoms with Gasteiger partial charge in [-0.15, -0.1) is 0 Å². The summed E-state index contributed by atoms with van der Waals surface area (Å²) in [5.41, 5.74) is 0.407. The van der Waals surface area contributed by atoms with Crippen molar-refractivity contribution in [3.05, 3.63) is 75.5 Å². The van der Waals surface area contributed by atoms with E-state index in [1.807, 2.05) is 13.8 Å². The molecule has 164 valence electrons. The van der Waals surface area contributed by atoms with Crippen LogP contribution in [0.1, 0.15) is 29.8 Å². The Morgan fingerprint density at radius 2 is 1.90 bits per heavy atom. The highest BCUT2D eigenvalue weighted by molar-refractivity contribution is 6.05. The van der Waals surface area contributed by atoms with Crippen LogP contribution in [0.4, 0.5) is 5.69 Å². The monoisotopic (exact) mass is 427 g/mol. The number of benzene rings is 2. The molecule has 0 heterocycles. The van der Waals surface area contributed by atoms with Gasteiger partial charge in [0.25, 0.3) is 17.5 Å². The molecule has 2 amide bonds. The first-order valence-corrected chi connectivity index (χ1v) is 9.69. The van der Waals surface area contributed by atoms with E-state index in [1.54, 1.807) is 30.3 Å². The molecule has 0 aliphatic heterocycles. The van der Waals surface area contributed by atoms with Gasteiger partial charge in [-0.2, -0.15) is 0 Å². The third-order valence-corrected chi connectivity index (χ3v) is 3.98. The maximum absolute atomic E-state index is 12.6. The molecule has 0 unspecified atom stereocenters. The van der Waals surface area contributed by atoms with Gasteiger partial charge < -0.3 is 20.5 Å². The summed E-state index contributed by atoms with van der Waals surface area (Å²) in [5.74, 6) is -0.183. The summed E-state index contributed by atoms with van der Waals surface area (Å²) >= 11 is 0. The third-order valence-electron chi connectivity index (χ3n) is 3.98. The quantitative estimate of drug-likeness (QED) is 0.303. The topological polar surface area (TPSA) is 131 Å². The van der Waals surface area contributed by atoms with Gasteiger partial charge >= 0.3 is 0 Å². The van der Waals surface area contributed by atoms with E-state index in [4.69, 9.17) is 9.84 Å². The van der Waals surface area contributed by atoms with Crippen LogP contribution in [-0.4, -0.2) is 41.6 Å². The fourth-order valence-electron chi connectivity index (χ4n) is 2.48. The summed E-state index contributed by atoms with van der Waals surface area (Å²) in [4.78, 5) is 35.5. The Kier molecular flexibility index (Phi) is 8.71. The molecule has 31 heavy (non-hydrogen) atoms. The number of aliphatic hydroxyl groups is 1. The molecule has 2 rings (SSSR count). The Labute approximate surface area is 179 Å². The molecule has 0 bridgehead atoms. The first kappa shape index (κ1) is 23.6. The third kappa shape index (κ3) is 7.56. The number of nitrogens with one attached hydrogen (secondary N) is 2. The van der Waals surface area contributed by atoms with Gasteiger partial charge in [0.15, 0.2) is 0 Å². The minimum Gasteiger partial charge on any atom is -0.493 e. The van der Waals surface area contributed by atoms with Crippen molar-refractivity contribution in [2.75, 3.05) is 19.8 Å². The number of nitro benzene ring substituents is 1. The highest BCUT2D eigenvalue weighted by Crippen LogP contribution is 2.16. The summed E-state index contributed by atoms with van der Waals surface area (Å²) in [6.07, 6.45) is 1.33. The number of non-ortho nitro benzene ring substituents is 1. The zero-order valence-corrected chi connectivity index (χ0v) is 17.3. The Morgan fingerprint density at radius 3 is 2.52 bits per heavy atom. The molecule has 0 saturated carbocycles. The van der Waals surface area contributed by atoms with Gasteiger partial charge in [-0.3, -0.25) is 19.7 Å². The van der Waals surface area contributed by atoms with Crippen molar-refractivity contribution in [1.29, 1.82) is 0 Å². The molecule has 3 N–H and O–H groups in total. The number of nitro groups is 1. The molecular formula is C22H25N3O6. The average Bonchev–Trinajstić information content (AvgIpc) is 2.76. The number of hydrogen-bond donors (Lipinski definition) is 3. The summed E-state index contributed by atoms with van der Waals surface area (Å²) in [6.45, 7) is 4.31. The predicted octanol–water partition coefficient (Wildman–Crippen LogP) is 2.51. The summed E-state index contributed by atoms with van der Waals surface area (Å²) in [7, 11) is 0. The highest BCUT2D eigenvalue weighted by atomic mass is 16.6. The lowest BCUT2D eigenvalue weighted by Gasteiger charge is -2.12. The average molecular weight is 427 g/mol. The molecule has 0 spiro atoms. The van der Waals surface area contributed by atoms with Gasteiger partial charge in [-0.05, 0) is 41.8 Å². The van der Waals surface area contributed by atoms with Crippen LogP contribution in [0, 0.1) is 16.0 Å². The molecule has 0 radical (unpaired) electrons. The molecule has 0 aliphatic carbocycles. The lowest BCUT2D eigenvalue weighted by Crippen LogP contribution is -2.36. The van der Waals surface area contributed by atoms with Crippen LogP contribution in [0.2, 0.25) is 0 Å². The maximum Gasteiger partial charge on any atom is 0.270 e. The summed E-state index contributed by atoms with van der Waals surface area (Å²) < 4.78 is 5.59. The van der Waals surface area contributed by atoms with Crippen LogP contribution < -0.4 is 15.4 Å². The molecule has 2 aromatic rings. The molecule has 0 fully saturated rings. The number of carbonyl (C=O) groups excluding carboxylic acids is 2. The number of ether oxygens (including phenoxy) is 1. The van der Waals surface area contributed by atoms with Crippen LogP contribution in [0.3, 0.4) is 0 Å². The lowest BCUT2D eigenvalue weighted by molar-refractivity contribution is -0.384. The van der Waals surface area contributed by atoms with Gasteiger partial charge in [0, 0.05) is 24.2 Å². The zero-order valence-electron chi connectivity index (χ0n) is 17.3. The van der Waals surface area contributed by atoms with Gasteiger partial charge in [-0.1, -0.05) is 26.0 Å². The summed E-state index contributed by atoms with van der Waals surface area (Å²) in [5, 5.41) is 24.9. The van der Waals surface area contributed by atoms with Crippen molar-refractivity contribution in [1.82, 2.24) is 10.6 Å². The van der Waals surface area contributed by atoms with Crippen LogP contribution in [0.5, 0.6) is 5.75 Å². The van der Waals surface area contributed by atoms with E-state index in [2.05, 4.69) is 10.6 Å². The molecule has 2 aromatic carbocycles. The van der Waals surface area contributed by atoms with E-state index in [1.165, 1.54) is 24.3 Å². The van der Waals surface area contributed by atoms with E-state index in [-0.39, 0.29) is 24.5 Å². The second-order valence-electron chi connectivity index (χ2n) is 7.07. The van der Waals surface area contributed by atoms with Crippen molar-refractivity contribution in [3.63, 3.8) is 0 Å². The maximum atomic E-state index is 12.6. The van der Waals surface area contributed by atoms with E-state index >= 15 is 0 Å². The van der Waals surface area contributed by atoms with Crippen molar-refractivity contribution >= 4 is 23.6 Å². The second-order valence-corrected chi connectivity index (χ2v) is 7.07. The first-order chi connectivity index (χ1) is 14.8. The van der Waals surface area contributed by atoms with Crippen LogP contribution in [0.15, 0.2) is 54.2 Å². The largest absolute Gasteiger partial charge is 0.493 e. The zero-order chi connectivity index (χ0) is 22.8. The predicted molar refractivity (Wildman–Crippen MR) is 115 cm³/mol. The fraction of sp³-hybridized carbons (Fsp3) is 0.273. The lowest BCUT2D eigenvalue weighted by atomic mass is 10.1. The SMILES string of the molecule is CC(C)COc1ccc(C(=O)NC(=Cc2cccc([N+](=O)[O-])c2)C(=O)NCCO)cc1. The van der Waals surface area contributed by atoms with Crippen LogP contribution >= 0.6 is 0 Å². The van der Waals surface area contributed by atoms with Crippen molar-refractivity contribution in [2.24, 2.45) is 5.92 Å². The number of aliphatic hydroxyl groups excluding tert-OH is 1. The number of amides is 2. The molecule has 0 atom stereocenters. The van der Waals surface area contributed by atoms with Crippen LogP contribution in [-0.2, 0) is 4.79 Å². The van der Waals surface area contributed by atoms with Crippen molar-refractivity contribution in [2.45, 2.75) is 13.8 Å².